The molecule has 2 fully saturated rings. The Balaban J connectivity index is 1.44. The van der Waals surface area contributed by atoms with E-state index in [1.807, 2.05) is 0 Å². The molecule has 0 unspecified atom stereocenters. The number of carbonyl (C=O) groups excluding carboxylic acids is 1. The number of carbonyl (C=O) groups is 1. The molecular formula is C25H32F2N6O3. The van der Waals surface area contributed by atoms with E-state index in [1.165, 1.54) is 4.90 Å². The summed E-state index contributed by atoms with van der Waals surface area (Å²) in [5.74, 6) is -2.44. The summed E-state index contributed by atoms with van der Waals surface area (Å²) in [7, 11) is 4.20. The fourth-order valence-electron chi connectivity index (χ4n) is 5.08. The number of ether oxygens (including phenoxy) is 1. The first-order chi connectivity index (χ1) is 17.3. The Labute approximate surface area is 209 Å². The molecule has 1 aliphatic heterocycles. The van der Waals surface area contributed by atoms with Crippen LogP contribution in [0, 0.1) is 11.6 Å². The number of hydrogen-bond acceptors (Lipinski definition) is 7. The van der Waals surface area contributed by atoms with Gasteiger partial charge in [0.15, 0.2) is 23.1 Å². The van der Waals surface area contributed by atoms with Crippen molar-refractivity contribution in [3.8, 4) is 11.5 Å². The number of amides is 2. The summed E-state index contributed by atoms with van der Waals surface area (Å²) >= 11 is 0. The Morgan fingerprint density at radius 2 is 1.89 bits per heavy atom. The predicted molar refractivity (Wildman–Crippen MR) is 132 cm³/mol. The molecule has 1 aromatic heterocycles. The number of anilines is 3. The molecule has 2 saturated carbocycles. The van der Waals surface area contributed by atoms with Crippen LogP contribution in [0.4, 0.5) is 31.0 Å². The lowest BCUT2D eigenvalue weighted by molar-refractivity contribution is 0.221. The number of phenols is 1. The van der Waals surface area contributed by atoms with Crippen molar-refractivity contribution in [1.82, 2.24) is 14.9 Å². The zero-order chi connectivity index (χ0) is 25.6. The fraction of sp³-hybridized carbons (Fsp3) is 0.560. The topological polar surface area (TPSA) is 94.1 Å². The van der Waals surface area contributed by atoms with Crippen LogP contribution in [0.15, 0.2) is 12.3 Å². The minimum atomic E-state index is -1.21. The van der Waals surface area contributed by atoms with Crippen molar-refractivity contribution in [2.24, 2.45) is 0 Å². The van der Waals surface area contributed by atoms with Gasteiger partial charge in [0.1, 0.15) is 11.5 Å². The van der Waals surface area contributed by atoms with Crippen molar-refractivity contribution in [3.05, 3.63) is 29.5 Å². The summed E-state index contributed by atoms with van der Waals surface area (Å²) in [6.07, 6.45) is 7.32. The van der Waals surface area contributed by atoms with Crippen LogP contribution >= 0.6 is 0 Å². The first-order valence-electron chi connectivity index (χ1n) is 12.5. The number of benzene rings is 1. The van der Waals surface area contributed by atoms with Gasteiger partial charge in [-0.25, -0.2) is 18.6 Å². The van der Waals surface area contributed by atoms with Crippen molar-refractivity contribution >= 4 is 23.5 Å². The maximum atomic E-state index is 15.2. The first-order valence-corrected chi connectivity index (χ1v) is 12.5. The maximum absolute atomic E-state index is 15.2. The second kappa shape index (κ2) is 9.68. The van der Waals surface area contributed by atoms with Crippen LogP contribution in [-0.4, -0.2) is 64.8 Å². The van der Waals surface area contributed by atoms with E-state index in [-0.39, 0.29) is 31.0 Å². The molecule has 2 aliphatic carbocycles. The number of halogens is 2. The molecule has 0 spiro atoms. The van der Waals surface area contributed by atoms with E-state index < -0.39 is 29.1 Å². The second-order valence-corrected chi connectivity index (χ2v) is 9.93. The summed E-state index contributed by atoms with van der Waals surface area (Å²) in [4.78, 5) is 27.4. The van der Waals surface area contributed by atoms with Gasteiger partial charge < -0.3 is 20.1 Å². The van der Waals surface area contributed by atoms with Gasteiger partial charge >= 0.3 is 6.03 Å². The lowest BCUT2D eigenvalue weighted by Crippen LogP contribution is -2.49. The van der Waals surface area contributed by atoms with E-state index in [0.717, 1.165) is 49.5 Å². The van der Waals surface area contributed by atoms with Crippen LogP contribution in [0.25, 0.3) is 0 Å². The number of nitrogens with zero attached hydrogens (tertiary/aromatic N) is 5. The number of aromatic nitrogens is 2. The number of aromatic hydroxyl groups is 1. The predicted octanol–water partition coefficient (Wildman–Crippen LogP) is 4.25. The first kappa shape index (κ1) is 24.5. The molecule has 0 atom stereocenters. The Hall–Kier alpha value is -3.21. The lowest BCUT2D eigenvalue weighted by Gasteiger charge is -2.37. The molecule has 5 rings (SSSR count). The normalized spacial score (nSPS) is 22.1. The van der Waals surface area contributed by atoms with E-state index in [0.29, 0.717) is 23.4 Å². The van der Waals surface area contributed by atoms with Gasteiger partial charge in [0.25, 0.3) is 0 Å². The average Bonchev–Trinajstić information content (AvgIpc) is 3.69. The Morgan fingerprint density at radius 1 is 1.17 bits per heavy atom. The van der Waals surface area contributed by atoms with E-state index in [9.17, 15) is 14.3 Å². The van der Waals surface area contributed by atoms with Gasteiger partial charge in [0.2, 0.25) is 5.95 Å². The molecule has 2 aromatic rings. The average molecular weight is 503 g/mol. The third kappa shape index (κ3) is 4.52. The van der Waals surface area contributed by atoms with Crippen molar-refractivity contribution in [3.63, 3.8) is 0 Å². The van der Waals surface area contributed by atoms with Crippen LogP contribution < -0.4 is 19.9 Å². The van der Waals surface area contributed by atoms with Crippen molar-refractivity contribution in [2.75, 3.05) is 35.8 Å². The summed E-state index contributed by atoms with van der Waals surface area (Å²) in [6, 6.07) is 1.00. The SMILES string of the molecule is CCOc1cc(O)c(F)c(N2Cc3cnc(NC4CCC(N(C)C)CC4)nc3N(C3CC3)C2=O)c1F. The molecule has 9 nitrogen and oxygen atoms in total. The molecule has 0 radical (unpaired) electrons. The number of phenolic OH excluding ortho intramolecular Hbond substituents is 1. The van der Waals surface area contributed by atoms with E-state index in [2.05, 4.69) is 34.3 Å². The van der Waals surface area contributed by atoms with Gasteiger partial charge in [-0.05, 0) is 59.5 Å². The third-order valence-electron chi connectivity index (χ3n) is 7.20. The van der Waals surface area contributed by atoms with E-state index in [4.69, 9.17) is 4.74 Å². The Kier molecular flexibility index (Phi) is 6.59. The van der Waals surface area contributed by atoms with Crippen molar-refractivity contribution in [1.29, 1.82) is 0 Å². The maximum Gasteiger partial charge on any atom is 0.330 e. The van der Waals surface area contributed by atoms with Gasteiger partial charge in [-0.15, -0.1) is 0 Å². The second-order valence-electron chi connectivity index (χ2n) is 9.93. The number of urea groups is 1. The molecular weight excluding hydrogens is 470 g/mol. The van der Waals surface area contributed by atoms with Crippen LogP contribution in [-0.2, 0) is 6.54 Å². The van der Waals surface area contributed by atoms with Gasteiger partial charge in [-0.2, -0.15) is 4.98 Å². The highest BCUT2D eigenvalue weighted by Crippen LogP contribution is 2.43. The van der Waals surface area contributed by atoms with Crippen LogP contribution in [0.2, 0.25) is 0 Å². The van der Waals surface area contributed by atoms with Crippen LogP contribution in [0.5, 0.6) is 11.5 Å². The van der Waals surface area contributed by atoms with Crippen LogP contribution in [0.1, 0.15) is 51.0 Å². The molecule has 36 heavy (non-hydrogen) atoms. The number of hydrogen-bond donors (Lipinski definition) is 2. The van der Waals surface area contributed by atoms with E-state index >= 15 is 4.39 Å². The quantitative estimate of drug-likeness (QED) is 0.585. The zero-order valence-electron chi connectivity index (χ0n) is 20.8. The smallest absolute Gasteiger partial charge is 0.330 e. The molecule has 0 bridgehead atoms. The standard InChI is InChI=1S/C25H32F2N6O3/c1-4-36-19-11-18(34)20(26)22(21(19)27)32-13-14-12-28-24(29-15-5-7-16(8-6-15)31(2)3)30-23(14)33(25(32)35)17-9-10-17/h11-12,15-17,34H,4-10,13H2,1-3H3,(H,28,29,30). The summed E-state index contributed by atoms with van der Waals surface area (Å²) in [5.41, 5.74) is -0.0666. The molecule has 11 heteroatoms. The molecule has 194 valence electrons. The molecule has 1 aromatic carbocycles. The van der Waals surface area contributed by atoms with Gasteiger partial charge in [-0.1, -0.05) is 0 Å². The molecule has 0 saturated heterocycles. The number of nitrogens with one attached hydrogen (secondary N) is 1. The largest absolute Gasteiger partial charge is 0.505 e. The minimum absolute atomic E-state index is 0.105. The summed E-state index contributed by atoms with van der Waals surface area (Å²) in [6.45, 7) is 1.63. The monoisotopic (exact) mass is 502 g/mol. The molecule has 2 N–H and O–H groups in total. The molecule has 2 heterocycles. The summed E-state index contributed by atoms with van der Waals surface area (Å²) in [5, 5.41) is 13.5. The number of fused-ring (bicyclic) bond motifs is 1. The highest BCUT2D eigenvalue weighted by molar-refractivity contribution is 6.06. The van der Waals surface area contributed by atoms with Gasteiger partial charge in [-0.3, -0.25) is 9.80 Å². The van der Waals surface area contributed by atoms with E-state index in [1.54, 1.807) is 13.1 Å². The van der Waals surface area contributed by atoms with Crippen LogP contribution in [0.3, 0.4) is 0 Å². The van der Waals surface area contributed by atoms with Gasteiger partial charge in [0.05, 0.1) is 13.2 Å². The molecule has 2 amide bonds. The summed E-state index contributed by atoms with van der Waals surface area (Å²) < 4.78 is 35.4. The highest BCUT2D eigenvalue weighted by Gasteiger charge is 2.44. The minimum Gasteiger partial charge on any atom is -0.505 e. The number of rotatable bonds is 7. The van der Waals surface area contributed by atoms with Crippen molar-refractivity contribution < 1.29 is 23.4 Å². The highest BCUT2D eigenvalue weighted by atomic mass is 19.1. The van der Waals surface area contributed by atoms with Crippen molar-refractivity contribution in [2.45, 2.75) is 70.1 Å². The van der Waals surface area contributed by atoms with Gasteiger partial charge in [0, 0.05) is 36.0 Å². The molecule has 3 aliphatic rings. The fourth-order valence-corrected chi connectivity index (χ4v) is 5.08. The zero-order valence-corrected chi connectivity index (χ0v) is 20.8. The Morgan fingerprint density at radius 3 is 2.53 bits per heavy atom. The third-order valence-corrected chi connectivity index (χ3v) is 7.20. The Bertz CT molecular complexity index is 1150. The lowest BCUT2D eigenvalue weighted by atomic mass is 9.91.